The Morgan fingerprint density at radius 1 is 1.13 bits per heavy atom. The first kappa shape index (κ1) is 20.9. The highest BCUT2D eigenvalue weighted by Gasteiger charge is 2.38. The summed E-state index contributed by atoms with van der Waals surface area (Å²) in [5, 5.41) is 7.12. The van der Waals surface area contributed by atoms with Gasteiger partial charge in [0.15, 0.2) is 0 Å². The van der Waals surface area contributed by atoms with Gasteiger partial charge in [-0.05, 0) is 51.4 Å². The summed E-state index contributed by atoms with van der Waals surface area (Å²) in [6.07, 6.45) is -4.24. The molecule has 0 aliphatic rings. The van der Waals surface area contributed by atoms with Crippen LogP contribution in [0.3, 0.4) is 0 Å². The van der Waals surface area contributed by atoms with Gasteiger partial charge in [-0.3, -0.25) is 4.79 Å². The van der Waals surface area contributed by atoms with Crippen LogP contribution in [0, 0.1) is 5.41 Å². The van der Waals surface area contributed by atoms with Gasteiger partial charge in [0.05, 0.1) is 5.41 Å². The van der Waals surface area contributed by atoms with E-state index < -0.39 is 17.6 Å². The number of aliphatic carboxylic acids is 1. The van der Waals surface area contributed by atoms with Crippen LogP contribution < -0.4 is 10.5 Å². The number of halogens is 3. The van der Waals surface area contributed by atoms with E-state index in [0.717, 1.165) is 12.0 Å². The third kappa shape index (κ3) is 8.82. The van der Waals surface area contributed by atoms with Gasteiger partial charge in [0.2, 0.25) is 0 Å². The SMILES string of the molecule is CC(C)(C)C(=O)Oc1ccc(CCN)cc1.O=C(O)C(F)(F)F. The van der Waals surface area contributed by atoms with Crippen LogP contribution in [0.2, 0.25) is 0 Å². The summed E-state index contributed by atoms with van der Waals surface area (Å²) in [7, 11) is 0. The molecule has 8 heteroatoms. The van der Waals surface area contributed by atoms with Crippen molar-refractivity contribution in [3.8, 4) is 5.75 Å². The summed E-state index contributed by atoms with van der Waals surface area (Å²) in [5.41, 5.74) is 6.13. The molecule has 5 nitrogen and oxygen atoms in total. The van der Waals surface area contributed by atoms with E-state index in [1.54, 1.807) is 12.1 Å². The van der Waals surface area contributed by atoms with Crippen molar-refractivity contribution in [2.24, 2.45) is 11.1 Å². The Kier molecular flexibility index (Phi) is 7.74. The van der Waals surface area contributed by atoms with E-state index in [0.29, 0.717) is 12.3 Å². The van der Waals surface area contributed by atoms with Gasteiger partial charge in [-0.1, -0.05) is 12.1 Å². The molecular weight excluding hydrogens is 315 g/mol. The van der Waals surface area contributed by atoms with Gasteiger partial charge < -0.3 is 15.6 Å². The molecule has 0 fully saturated rings. The summed E-state index contributed by atoms with van der Waals surface area (Å²) in [5.74, 6) is -2.40. The number of benzene rings is 1. The first-order valence-electron chi connectivity index (χ1n) is 6.69. The number of esters is 1. The normalized spacial score (nSPS) is 11.3. The number of hydrogen-bond acceptors (Lipinski definition) is 4. The second kappa shape index (κ2) is 8.52. The van der Waals surface area contributed by atoms with Crippen molar-refractivity contribution >= 4 is 11.9 Å². The number of carboxylic acid groups (broad SMARTS) is 1. The molecule has 1 aromatic carbocycles. The zero-order chi connectivity index (χ0) is 18.3. The van der Waals surface area contributed by atoms with Crippen molar-refractivity contribution in [1.29, 1.82) is 0 Å². The summed E-state index contributed by atoms with van der Waals surface area (Å²) in [6, 6.07) is 7.46. The molecule has 0 amide bonds. The molecule has 0 bridgehead atoms. The zero-order valence-electron chi connectivity index (χ0n) is 13.1. The summed E-state index contributed by atoms with van der Waals surface area (Å²) < 4.78 is 37.0. The number of carbonyl (C=O) groups excluding carboxylic acids is 1. The van der Waals surface area contributed by atoms with Crippen molar-refractivity contribution in [2.45, 2.75) is 33.4 Å². The lowest BCUT2D eigenvalue weighted by Crippen LogP contribution is -2.25. The van der Waals surface area contributed by atoms with Gasteiger partial charge in [0.25, 0.3) is 0 Å². The van der Waals surface area contributed by atoms with Crippen LogP contribution >= 0.6 is 0 Å². The highest BCUT2D eigenvalue weighted by atomic mass is 19.4. The number of carbonyl (C=O) groups is 2. The molecule has 0 aliphatic carbocycles. The van der Waals surface area contributed by atoms with E-state index >= 15 is 0 Å². The lowest BCUT2D eigenvalue weighted by atomic mass is 9.97. The van der Waals surface area contributed by atoms with Gasteiger partial charge in [-0.2, -0.15) is 13.2 Å². The van der Waals surface area contributed by atoms with E-state index in [2.05, 4.69) is 0 Å². The highest BCUT2D eigenvalue weighted by molar-refractivity contribution is 5.77. The molecule has 1 rings (SSSR count). The number of hydrogen-bond donors (Lipinski definition) is 2. The van der Waals surface area contributed by atoms with Crippen molar-refractivity contribution in [3.63, 3.8) is 0 Å². The van der Waals surface area contributed by atoms with Crippen LogP contribution in [0.1, 0.15) is 26.3 Å². The van der Waals surface area contributed by atoms with Gasteiger partial charge in [0.1, 0.15) is 5.75 Å². The molecular formula is C15H20F3NO4. The number of carboxylic acids is 1. The van der Waals surface area contributed by atoms with E-state index in [4.69, 9.17) is 20.4 Å². The lowest BCUT2D eigenvalue weighted by molar-refractivity contribution is -0.192. The largest absolute Gasteiger partial charge is 0.490 e. The third-order valence-corrected chi connectivity index (χ3v) is 2.42. The third-order valence-electron chi connectivity index (χ3n) is 2.42. The van der Waals surface area contributed by atoms with Crippen LogP contribution in [0.5, 0.6) is 5.75 Å². The van der Waals surface area contributed by atoms with Gasteiger partial charge in [-0.25, -0.2) is 4.79 Å². The maximum atomic E-state index is 11.6. The van der Waals surface area contributed by atoms with Gasteiger partial charge >= 0.3 is 18.1 Å². The van der Waals surface area contributed by atoms with Crippen LogP contribution in [0.15, 0.2) is 24.3 Å². The van der Waals surface area contributed by atoms with E-state index in [1.165, 1.54) is 0 Å². The second-order valence-electron chi connectivity index (χ2n) is 5.63. The van der Waals surface area contributed by atoms with E-state index in [-0.39, 0.29) is 5.97 Å². The zero-order valence-corrected chi connectivity index (χ0v) is 13.1. The minimum absolute atomic E-state index is 0.223. The molecule has 0 aromatic heterocycles. The molecule has 0 saturated carbocycles. The topological polar surface area (TPSA) is 89.6 Å². The molecule has 130 valence electrons. The number of ether oxygens (including phenoxy) is 1. The minimum atomic E-state index is -5.08. The molecule has 0 unspecified atom stereocenters. The standard InChI is InChI=1S/C13H19NO2.C2HF3O2/c1-13(2,3)12(15)16-11-6-4-10(5-7-11)8-9-14;3-2(4,5)1(6)7/h4-7H,8-9,14H2,1-3H3;(H,6,7). The Hall–Kier alpha value is -2.09. The highest BCUT2D eigenvalue weighted by Crippen LogP contribution is 2.19. The van der Waals surface area contributed by atoms with Crippen LogP contribution in [-0.2, 0) is 16.0 Å². The van der Waals surface area contributed by atoms with Gasteiger partial charge in [0, 0.05) is 0 Å². The van der Waals surface area contributed by atoms with Crippen LogP contribution in [-0.4, -0.2) is 29.8 Å². The molecule has 23 heavy (non-hydrogen) atoms. The summed E-state index contributed by atoms with van der Waals surface area (Å²) in [4.78, 5) is 20.5. The van der Waals surface area contributed by atoms with Crippen molar-refractivity contribution in [2.75, 3.05) is 6.54 Å². The first-order valence-corrected chi connectivity index (χ1v) is 6.69. The first-order chi connectivity index (χ1) is 10.4. The number of nitrogens with two attached hydrogens (primary N) is 1. The molecule has 0 saturated heterocycles. The predicted molar refractivity (Wildman–Crippen MR) is 78.0 cm³/mol. The molecule has 0 atom stereocenters. The summed E-state index contributed by atoms with van der Waals surface area (Å²) >= 11 is 0. The second-order valence-corrected chi connectivity index (χ2v) is 5.63. The Morgan fingerprint density at radius 2 is 1.57 bits per heavy atom. The average molecular weight is 335 g/mol. The minimum Gasteiger partial charge on any atom is -0.475 e. The molecule has 0 spiro atoms. The maximum absolute atomic E-state index is 11.6. The molecule has 0 heterocycles. The van der Waals surface area contributed by atoms with E-state index in [1.807, 2.05) is 32.9 Å². The Balaban J connectivity index is 0.000000585. The maximum Gasteiger partial charge on any atom is 0.490 e. The smallest absolute Gasteiger partial charge is 0.475 e. The summed E-state index contributed by atoms with van der Waals surface area (Å²) in [6.45, 7) is 6.12. The Bertz CT molecular complexity index is 519. The molecule has 0 aliphatic heterocycles. The fourth-order valence-corrected chi connectivity index (χ4v) is 1.15. The van der Waals surface area contributed by atoms with Crippen LogP contribution in [0.25, 0.3) is 0 Å². The molecule has 1 aromatic rings. The van der Waals surface area contributed by atoms with Crippen molar-refractivity contribution in [1.82, 2.24) is 0 Å². The van der Waals surface area contributed by atoms with E-state index in [9.17, 15) is 18.0 Å². The van der Waals surface area contributed by atoms with Crippen molar-refractivity contribution in [3.05, 3.63) is 29.8 Å². The number of alkyl halides is 3. The molecule has 0 radical (unpaired) electrons. The lowest BCUT2D eigenvalue weighted by Gasteiger charge is -2.16. The Labute approximate surface area is 132 Å². The van der Waals surface area contributed by atoms with Crippen molar-refractivity contribution < 1.29 is 32.6 Å². The van der Waals surface area contributed by atoms with Gasteiger partial charge in [-0.15, -0.1) is 0 Å². The Morgan fingerprint density at radius 3 is 1.87 bits per heavy atom. The quantitative estimate of drug-likeness (QED) is 0.655. The fraction of sp³-hybridized carbons (Fsp3) is 0.467. The predicted octanol–water partition coefficient (Wildman–Crippen LogP) is 2.77. The monoisotopic (exact) mass is 335 g/mol. The average Bonchev–Trinajstić information content (AvgIpc) is 2.40. The fourth-order valence-electron chi connectivity index (χ4n) is 1.15. The molecule has 3 N–H and O–H groups in total. The number of rotatable bonds is 3. The van der Waals surface area contributed by atoms with Crippen LogP contribution in [0.4, 0.5) is 13.2 Å².